The normalized spacial score (nSPS) is 29.3. The van der Waals surface area contributed by atoms with Crippen molar-refractivity contribution in [3.8, 4) is 0 Å². The predicted molar refractivity (Wildman–Crippen MR) is 133 cm³/mol. The summed E-state index contributed by atoms with van der Waals surface area (Å²) in [6, 6.07) is 4.27. The van der Waals surface area contributed by atoms with E-state index < -0.39 is 73.9 Å². The van der Waals surface area contributed by atoms with E-state index in [1.54, 1.807) is 0 Å². The molecule has 1 aromatic carbocycles. The highest BCUT2D eigenvalue weighted by molar-refractivity contribution is 7.48. The topological polar surface area (TPSA) is 208 Å². The third-order valence-corrected chi connectivity index (χ3v) is 7.87. The zero-order valence-corrected chi connectivity index (χ0v) is 22.7. The second-order valence-electron chi connectivity index (χ2n) is 9.57. The summed E-state index contributed by atoms with van der Waals surface area (Å²) in [5.41, 5.74) is 3.50. The number of nitrogens with zero attached hydrogens (tertiary/aromatic N) is 2. The van der Waals surface area contributed by atoms with Crippen LogP contribution in [0.25, 0.3) is 11.0 Å². The van der Waals surface area contributed by atoms with Gasteiger partial charge in [-0.25, -0.2) is 18.1 Å². The van der Waals surface area contributed by atoms with E-state index in [0.29, 0.717) is 6.07 Å². The van der Waals surface area contributed by atoms with E-state index >= 15 is 0 Å². The zero-order valence-electron chi connectivity index (χ0n) is 21.8. The summed E-state index contributed by atoms with van der Waals surface area (Å²) in [5.74, 6) is -4.54. The van der Waals surface area contributed by atoms with Crippen LogP contribution < -0.4 is 11.3 Å². The average molecular weight is 642 g/mol. The van der Waals surface area contributed by atoms with E-state index in [9.17, 15) is 41.5 Å². The van der Waals surface area contributed by atoms with Gasteiger partial charge in [0.05, 0.1) is 24.7 Å². The molecule has 5 rings (SSSR count). The first-order valence-corrected chi connectivity index (χ1v) is 13.6. The van der Waals surface area contributed by atoms with Gasteiger partial charge in [-0.3, -0.25) is 23.3 Å². The van der Waals surface area contributed by atoms with Crippen LogP contribution in [0, 0.1) is 11.6 Å². The number of phosphoric ester groups is 1. The third-order valence-electron chi connectivity index (χ3n) is 6.39. The number of ether oxygens (including phenoxy) is 1. The minimum atomic E-state index is -5.08. The SMILES string of the molecule is C[C@@]1(O)[C@H](O)[C@@H](CO[P@@]2(=O)OCC[C@@H](c3cc(F)cc(F)c3)O2)O[C@H]1n1ccc2c(=O)[nH]c(N)nc21.O=C(O)C(F)(F)F. The lowest BCUT2D eigenvalue weighted by molar-refractivity contribution is -0.192. The van der Waals surface area contributed by atoms with Crippen LogP contribution >= 0.6 is 7.82 Å². The number of carboxylic acids is 1. The maximum Gasteiger partial charge on any atom is 0.490 e. The molecule has 2 saturated heterocycles. The molecule has 0 spiro atoms. The number of aromatic nitrogens is 3. The Kier molecular flexibility index (Phi) is 8.99. The van der Waals surface area contributed by atoms with Crippen LogP contribution in [-0.2, 0) is 27.7 Å². The first kappa shape index (κ1) is 32.5. The Hall–Kier alpha value is -3.45. The molecular formula is C23H24F5N4O10P. The average Bonchev–Trinajstić information content (AvgIpc) is 3.40. The van der Waals surface area contributed by atoms with Gasteiger partial charge < -0.3 is 30.4 Å². The van der Waals surface area contributed by atoms with E-state index in [2.05, 4.69) is 9.97 Å². The van der Waals surface area contributed by atoms with Gasteiger partial charge in [-0.2, -0.15) is 18.2 Å². The van der Waals surface area contributed by atoms with Crippen molar-refractivity contribution in [2.75, 3.05) is 18.9 Å². The molecule has 2 aliphatic rings. The molecule has 2 fully saturated rings. The minimum Gasteiger partial charge on any atom is -0.475 e. The van der Waals surface area contributed by atoms with Crippen molar-refractivity contribution in [1.29, 1.82) is 0 Å². The molecule has 43 heavy (non-hydrogen) atoms. The maximum atomic E-state index is 13.6. The van der Waals surface area contributed by atoms with Gasteiger partial charge in [-0.1, -0.05) is 0 Å². The smallest absolute Gasteiger partial charge is 0.475 e. The quantitative estimate of drug-likeness (QED) is 0.201. The molecule has 0 radical (unpaired) electrons. The molecule has 2 aliphatic heterocycles. The molecular weight excluding hydrogens is 618 g/mol. The summed E-state index contributed by atoms with van der Waals surface area (Å²) >= 11 is 0. The number of nitrogens with two attached hydrogens (primary N) is 1. The van der Waals surface area contributed by atoms with Crippen LogP contribution in [0.4, 0.5) is 27.9 Å². The molecule has 6 N–H and O–H groups in total. The van der Waals surface area contributed by atoms with Crippen molar-refractivity contribution >= 4 is 30.8 Å². The molecule has 3 aromatic rings. The lowest BCUT2D eigenvalue weighted by atomic mass is 9.96. The van der Waals surface area contributed by atoms with Crippen LogP contribution in [-0.4, -0.2) is 73.0 Å². The fraction of sp³-hybridized carbons (Fsp3) is 0.435. The first-order chi connectivity index (χ1) is 19.9. The summed E-state index contributed by atoms with van der Waals surface area (Å²) in [5, 5.41) is 29.1. The number of fused-ring (bicyclic) bond motifs is 1. The van der Waals surface area contributed by atoms with Crippen LogP contribution in [0.15, 0.2) is 35.3 Å². The number of phosphoric acid groups is 1. The first-order valence-electron chi connectivity index (χ1n) is 12.2. The molecule has 0 saturated carbocycles. The molecule has 6 atom stereocenters. The third kappa shape index (κ3) is 7.04. The number of aliphatic carboxylic acids is 1. The van der Waals surface area contributed by atoms with Crippen molar-refractivity contribution in [3.63, 3.8) is 0 Å². The van der Waals surface area contributed by atoms with E-state index in [1.165, 1.54) is 23.8 Å². The Morgan fingerprint density at radius 2 is 1.93 bits per heavy atom. The Balaban J connectivity index is 0.000000541. The molecule has 236 valence electrons. The Morgan fingerprint density at radius 3 is 2.53 bits per heavy atom. The largest absolute Gasteiger partial charge is 0.490 e. The lowest BCUT2D eigenvalue weighted by Gasteiger charge is -2.30. The number of aromatic amines is 1. The predicted octanol–water partition coefficient (Wildman–Crippen LogP) is 2.53. The fourth-order valence-electron chi connectivity index (χ4n) is 4.36. The second kappa shape index (κ2) is 11.9. The Labute approximate surface area is 237 Å². The zero-order chi connectivity index (χ0) is 31.9. The van der Waals surface area contributed by atoms with Crippen molar-refractivity contribution in [1.82, 2.24) is 14.5 Å². The van der Waals surface area contributed by atoms with Gasteiger partial charge >= 0.3 is 20.0 Å². The number of aliphatic hydroxyl groups excluding tert-OH is 1. The molecule has 2 aromatic heterocycles. The number of halogens is 5. The highest BCUT2D eigenvalue weighted by Gasteiger charge is 2.54. The van der Waals surface area contributed by atoms with Gasteiger partial charge in [-0.15, -0.1) is 0 Å². The van der Waals surface area contributed by atoms with Crippen molar-refractivity contribution in [2.45, 2.75) is 49.7 Å². The summed E-state index contributed by atoms with van der Waals surface area (Å²) in [7, 11) is -4.22. The Morgan fingerprint density at radius 1 is 1.30 bits per heavy atom. The minimum absolute atomic E-state index is 0.0779. The molecule has 4 heterocycles. The number of carbonyl (C=O) groups is 1. The molecule has 0 aliphatic carbocycles. The summed E-state index contributed by atoms with van der Waals surface area (Å²) < 4.78 is 95.1. The standard InChI is InChI=1S/C21H23F2N4O8P.C2HF3O2/c1-21(30)16(28)15(34-19(21)27-4-2-13-17(27)25-20(24)26-18(13)29)9-33-36(31)32-5-3-14(35-36)10-6-11(22)8-12(23)7-10;3-2(4,5)1(6)7/h2,4,6-8,14-16,19,28,30H,3,5,9H2,1H3,(H3,24,25,26,29);(H,6,7)/t14-,15+,16+,19+,21+,36+;/m0./s1. The lowest BCUT2D eigenvalue weighted by Crippen LogP contribution is -2.44. The number of anilines is 1. The summed E-state index contributed by atoms with van der Waals surface area (Å²) in [6.07, 6.45) is -8.37. The monoisotopic (exact) mass is 642 g/mol. The molecule has 20 heteroatoms. The summed E-state index contributed by atoms with van der Waals surface area (Å²) in [6.45, 7) is 0.713. The van der Waals surface area contributed by atoms with Crippen LogP contribution in [0.5, 0.6) is 0 Å². The molecule has 0 amide bonds. The number of nitrogens with one attached hydrogen (secondary N) is 1. The fourth-order valence-corrected chi connectivity index (χ4v) is 5.75. The van der Waals surface area contributed by atoms with E-state index in [0.717, 1.165) is 12.1 Å². The van der Waals surface area contributed by atoms with E-state index in [4.69, 9.17) is 33.9 Å². The van der Waals surface area contributed by atoms with Crippen LogP contribution in [0.1, 0.15) is 31.2 Å². The Bertz CT molecular complexity index is 1590. The number of H-pyrrole nitrogens is 1. The van der Waals surface area contributed by atoms with E-state index in [1.807, 2.05) is 0 Å². The highest BCUT2D eigenvalue weighted by atomic mass is 31.2. The van der Waals surface area contributed by atoms with Gasteiger partial charge in [0, 0.05) is 18.7 Å². The van der Waals surface area contributed by atoms with Gasteiger partial charge in [0.1, 0.15) is 29.4 Å². The number of hydrogen-bond donors (Lipinski definition) is 5. The molecule has 14 nitrogen and oxygen atoms in total. The van der Waals surface area contributed by atoms with Gasteiger partial charge in [-0.05, 0) is 30.7 Å². The van der Waals surface area contributed by atoms with Gasteiger partial charge in [0.15, 0.2) is 11.9 Å². The number of nitrogen functional groups attached to an aromatic ring is 1. The number of benzene rings is 1. The summed E-state index contributed by atoms with van der Waals surface area (Å²) in [4.78, 5) is 27.5. The number of carboxylic acid groups (broad SMARTS) is 1. The second-order valence-corrected chi connectivity index (χ2v) is 11.2. The van der Waals surface area contributed by atoms with Crippen molar-refractivity contribution < 1.29 is 64.9 Å². The van der Waals surface area contributed by atoms with Crippen molar-refractivity contribution in [3.05, 3.63) is 58.0 Å². The number of alkyl halides is 3. The number of rotatable bonds is 5. The van der Waals surface area contributed by atoms with Gasteiger partial charge in [0.25, 0.3) is 5.56 Å². The number of hydrogen-bond acceptors (Lipinski definition) is 11. The van der Waals surface area contributed by atoms with E-state index in [-0.39, 0.29) is 35.6 Å². The number of aliphatic hydroxyl groups is 2. The van der Waals surface area contributed by atoms with Crippen LogP contribution in [0.2, 0.25) is 0 Å². The highest BCUT2D eigenvalue weighted by Crippen LogP contribution is 2.57. The molecule has 0 bridgehead atoms. The molecule has 0 unspecified atom stereocenters. The maximum absolute atomic E-state index is 13.6. The van der Waals surface area contributed by atoms with Crippen LogP contribution in [0.3, 0.4) is 0 Å². The van der Waals surface area contributed by atoms with Gasteiger partial charge in [0.2, 0.25) is 5.95 Å². The van der Waals surface area contributed by atoms with Crippen molar-refractivity contribution in [2.24, 2.45) is 0 Å².